The number of benzene rings is 2. The normalized spacial score (nSPS) is 20.4. The maximum absolute atomic E-state index is 12.9. The molecule has 0 saturated carbocycles. The molecule has 0 aliphatic carbocycles. The Morgan fingerprint density at radius 3 is 2.50 bits per heavy atom. The maximum Gasteiger partial charge on any atom is 0.255 e. The highest BCUT2D eigenvalue weighted by Crippen LogP contribution is 2.29. The summed E-state index contributed by atoms with van der Waals surface area (Å²) in [5.41, 5.74) is 5.62. The zero-order valence-electron chi connectivity index (χ0n) is 20.6. The zero-order valence-corrected chi connectivity index (χ0v) is 20.6. The average molecular weight is 488 g/mol. The molecule has 7 nitrogen and oxygen atoms in total. The monoisotopic (exact) mass is 487 g/mol. The number of ether oxygens (including phenoxy) is 1. The fourth-order valence-electron chi connectivity index (χ4n) is 5.24. The molecular formula is C29H33N3O4. The van der Waals surface area contributed by atoms with Crippen molar-refractivity contribution >= 4 is 17.6 Å². The second kappa shape index (κ2) is 10.8. The van der Waals surface area contributed by atoms with Gasteiger partial charge in [0.2, 0.25) is 5.91 Å². The van der Waals surface area contributed by atoms with E-state index in [1.54, 1.807) is 4.90 Å². The summed E-state index contributed by atoms with van der Waals surface area (Å²) in [6, 6.07) is 13.7. The van der Waals surface area contributed by atoms with Gasteiger partial charge < -0.3 is 15.0 Å². The SMILES string of the molecule is C=C1CCC(N2Cc3cc(CCC(=O)Cc4ccc(CN5CCOCC5)cc4)ccc3C2=O)C(=O)N1. The molecule has 0 spiro atoms. The van der Waals surface area contributed by atoms with E-state index < -0.39 is 6.04 Å². The van der Waals surface area contributed by atoms with Crippen LogP contribution in [-0.2, 0) is 40.3 Å². The lowest BCUT2D eigenvalue weighted by Gasteiger charge is -2.30. The van der Waals surface area contributed by atoms with Crippen LogP contribution in [0.5, 0.6) is 0 Å². The number of fused-ring (bicyclic) bond motifs is 1. The van der Waals surface area contributed by atoms with Crippen molar-refractivity contribution in [2.24, 2.45) is 0 Å². The summed E-state index contributed by atoms with van der Waals surface area (Å²) in [7, 11) is 0. The first-order chi connectivity index (χ1) is 17.5. The molecule has 0 bridgehead atoms. The molecule has 36 heavy (non-hydrogen) atoms. The van der Waals surface area contributed by atoms with Crippen molar-refractivity contribution in [2.75, 3.05) is 26.3 Å². The number of amides is 2. The number of hydrogen-bond acceptors (Lipinski definition) is 5. The second-order valence-corrected chi connectivity index (χ2v) is 9.99. The van der Waals surface area contributed by atoms with Gasteiger partial charge in [0.1, 0.15) is 11.8 Å². The van der Waals surface area contributed by atoms with Crippen molar-refractivity contribution in [3.05, 3.63) is 82.6 Å². The molecule has 2 amide bonds. The van der Waals surface area contributed by atoms with E-state index in [1.165, 1.54) is 5.56 Å². The molecule has 0 radical (unpaired) electrons. The molecule has 3 heterocycles. The molecule has 7 heteroatoms. The highest BCUT2D eigenvalue weighted by Gasteiger charge is 2.38. The van der Waals surface area contributed by atoms with Crippen LogP contribution >= 0.6 is 0 Å². The highest BCUT2D eigenvalue weighted by atomic mass is 16.5. The van der Waals surface area contributed by atoms with Crippen molar-refractivity contribution in [3.63, 3.8) is 0 Å². The lowest BCUT2D eigenvalue weighted by atomic mass is 9.99. The topological polar surface area (TPSA) is 79.0 Å². The smallest absolute Gasteiger partial charge is 0.255 e. The Balaban J connectivity index is 1.12. The number of carbonyl (C=O) groups is 3. The minimum absolute atomic E-state index is 0.0997. The number of aryl methyl sites for hydroxylation is 1. The van der Waals surface area contributed by atoms with Gasteiger partial charge in [-0.1, -0.05) is 43.0 Å². The predicted octanol–water partition coefficient (Wildman–Crippen LogP) is 3.01. The Labute approximate surface area is 212 Å². The third-order valence-corrected chi connectivity index (χ3v) is 7.33. The third-order valence-electron chi connectivity index (χ3n) is 7.33. The molecule has 2 fully saturated rings. The number of Topliss-reactive ketones (excluding diaryl/α,β-unsaturated/α-hetero) is 1. The molecule has 1 N–H and O–H groups in total. The van der Waals surface area contributed by atoms with Gasteiger partial charge in [0, 0.05) is 50.3 Å². The van der Waals surface area contributed by atoms with Crippen LogP contribution in [0.3, 0.4) is 0 Å². The van der Waals surface area contributed by atoms with Gasteiger partial charge in [0.25, 0.3) is 5.91 Å². The summed E-state index contributed by atoms with van der Waals surface area (Å²) in [6.45, 7) is 8.66. The first-order valence-corrected chi connectivity index (χ1v) is 12.8. The summed E-state index contributed by atoms with van der Waals surface area (Å²) in [5.74, 6) is -0.0575. The Morgan fingerprint density at radius 1 is 1.03 bits per heavy atom. The quantitative estimate of drug-likeness (QED) is 0.619. The van der Waals surface area contributed by atoms with Crippen LogP contribution in [0.4, 0.5) is 0 Å². The molecule has 188 valence electrons. The first kappa shape index (κ1) is 24.4. The molecule has 0 aromatic heterocycles. The summed E-state index contributed by atoms with van der Waals surface area (Å²) in [6.07, 6.45) is 2.80. The molecule has 2 saturated heterocycles. The van der Waals surface area contributed by atoms with Crippen LogP contribution in [0.25, 0.3) is 0 Å². The number of hydrogen-bond donors (Lipinski definition) is 1. The van der Waals surface area contributed by atoms with Gasteiger partial charge in [-0.15, -0.1) is 0 Å². The Morgan fingerprint density at radius 2 is 1.75 bits per heavy atom. The van der Waals surface area contributed by atoms with Crippen LogP contribution < -0.4 is 5.32 Å². The number of morpholine rings is 1. The Kier molecular flexibility index (Phi) is 7.30. The van der Waals surface area contributed by atoms with E-state index in [4.69, 9.17) is 4.74 Å². The number of nitrogens with zero attached hydrogens (tertiary/aromatic N) is 2. The van der Waals surface area contributed by atoms with Crippen LogP contribution in [0, 0.1) is 0 Å². The summed E-state index contributed by atoms with van der Waals surface area (Å²) in [4.78, 5) is 42.0. The number of piperidine rings is 1. The predicted molar refractivity (Wildman–Crippen MR) is 136 cm³/mol. The van der Waals surface area contributed by atoms with E-state index in [0.29, 0.717) is 49.9 Å². The van der Waals surface area contributed by atoms with E-state index in [-0.39, 0.29) is 17.6 Å². The van der Waals surface area contributed by atoms with E-state index in [1.807, 2.05) is 18.2 Å². The molecular weight excluding hydrogens is 454 g/mol. The van der Waals surface area contributed by atoms with E-state index in [2.05, 4.69) is 41.1 Å². The van der Waals surface area contributed by atoms with Crippen LogP contribution in [0.15, 0.2) is 54.7 Å². The Bertz CT molecular complexity index is 1170. The Hall–Kier alpha value is -3.29. The average Bonchev–Trinajstić information content (AvgIpc) is 3.20. The molecule has 3 aliphatic heterocycles. The number of ketones is 1. The fourth-order valence-corrected chi connectivity index (χ4v) is 5.24. The van der Waals surface area contributed by atoms with E-state index >= 15 is 0 Å². The third kappa shape index (κ3) is 5.58. The minimum Gasteiger partial charge on any atom is -0.379 e. The van der Waals surface area contributed by atoms with Crippen LogP contribution in [0.2, 0.25) is 0 Å². The van der Waals surface area contributed by atoms with Gasteiger partial charge in [-0.2, -0.15) is 0 Å². The summed E-state index contributed by atoms with van der Waals surface area (Å²) in [5, 5.41) is 2.77. The van der Waals surface area contributed by atoms with Gasteiger partial charge in [0.15, 0.2) is 0 Å². The number of carbonyl (C=O) groups excluding carboxylic acids is 3. The number of rotatable bonds is 8. The minimum atomic E-state index is -0.458. The highest BCUT2D eigenvalue weighted by molar-refractivity contribution is 6.01. The van der Waals surface area contributed by atoms with Gasteiger partial charge in [-0.05, 0) is 47.6 Å². The van der Waals surface area contributed by atoms with Gasteiger partial charge in [-0.3, -0.25) is 19.3 Å². The van der Waals surface area contributed by atoms with Crippen molar-refractivity contribution in [2.45, 2.75) is 51.2 Å². The van der Waals surface area contributed by atoms with Crippen LogP contribution in [0.1, 0.15) is 51.9 Å². The fraction of sp³-hybridized carbons (Fsp3) is 0.414. The molecule has 2 aromatic carbocycles. The summed E-state index contributed by atoms with van der Waals surface area (Å²) < 4.78 is 5.41. The first-order valence-electron chi connectivity index (χ1n) is 12.8. The van der Waals surface area contributed by atoms with Crippen molar-refractivity contribution in [1.29, 1.82) is 0 Å². The molecule has 5 rings (SSSR count). The van der Waals surface area contributed by atoms with Crippen molar-refractivity contribution in [3.8, 4) is 0 Å². The molecule has 3 aliphatic rings. The van der Waals surface area contributed by atoms with E-state index in [0.717, 1.165) is 49.5 Å². The zero-order chi connectivity index (χ0) is 25.1. The lowest BCUT2D eigenvalue weighted by Crippen LogP contribution is -2.49. The summed E-state index contributed by atoms with van der Waals surface area (Å²) >= 11 is 0. The van der Waals surface area contributed by atoms with Gasteiger partial charge in [0.05, 0.1) is 13.2 Å². The largest absolute Gasteiger partial charge is 0.379 e. The molecule has 1 atom stereocenters. The van der Waals surface area contributed by atoms with Crippen LogP contribution in [-0.4, -0.2) is 59.7 Å². The van der Waals surface area contributed by atoms with Gasteiger partial charge in [-0.25, -0.2) is 0 Å². The molecule has 1 unspecified atom stereocenters. The molecule has 2 aromatic rings. The maximum atomic E-state index is 12.9. The standard InChI is InChI=1S/C29H33N3O4/c1-20-2-11-27(28(34)30-20)32-19-24-16-21(8-10-26(24)29(32)35)7-9-25(33)17-22-3-5-23(6-4-22)18-31-12-14-36-15-13-31/h3-6,8,10,16,27H,1-2,7,9,11-15,17-19H2,(H,30,34). The van der Waals surface area contributed by atoms with Crippen molar-refractivity contribution < 1.29 is 19.1 Å². The van der Waals surface area contributed by atoms with E-state index in [9.17, 15) is 14.4 Å². The second-order valence-electron chi connectivity index (χ2n) is 9.99. The number of nitrogens with one attached hydrogen (secondary N) is 1. The lowest BCUT2D eigenvalue weighted by molar-refractivity contribution is -0.126. The van der Waals surface area contributed by atoms with Crippen molar-refractivity contribution in [1.82, 2.24) is 15.1 Å². The van der Waals surface area contributed by atoms with Gasteiger partial charge >= 0.3 is 0 Å². The number of allylic oxidation sites excluding steroid dienone is 1.